The predicted octanol–water partition coefficient (Wildman–Crippen LogP) is 4.77. The van der Waals surface area contributed by atoms with Gasteiger partial charge in [0.05, 0.1) is 18.4 Å². The van der Waals surface area contributed by atoms with Crippen molar-refractivity contribution in [3.05, 3.63) is 81.7 Å². The second-order valence-electron chi connectivity index (χ2n) is 6.88. The van der Waals surface area contributed by atoms with Gasteiger partial charge in [0.2, 0.25) is 0 Å². The average Bonchev–Trinajstić information content (AvgIpc) is 3.28. The summed E-state index contributed by atoms with van der Waals surface area (Å²) in [6.45, 7) is 3.90. The normalized spacial score (nSPS) is 14.0. The van der Waals surface area contributed by atoms with Gasteiger partial charge in [0.1, 0.15) is 11.4 Å². The number of thiophene rings is 1. The second-order valence-corrected chi connectivity index (χ2v) is 7.82. The number of benzene rings is 2. The molecule has 0 radical (unpaired) electrons. The third-order valence-corrected chi connectivity index (χ3v) is 5.54. The Hall–Kier alpha value is -3.38. The summed E-state index contributed by atoms with van der Waals surface area (Å²) in [7, 11) is 1.58. The average molecular weight is 404 g/mol. The lowest BCUT2D eigenvalue weighted by molar-refractivity contribution is -0.120. The molecule has 6 heteroatoms. The first-order chi connectivity index (χ1) is 14.0. The van der Waals surface area contributed by atoms with Crippen LogP contribution in [0.4, 0.5) is 11.4 Å². The van der Waals surface area contributed by atoms with Crippen molar-refractivity contribution < 1.29 is 14.3 Å². The smallest absolute Gasteiger partial charge is 0.282 e. The van der Waals surface area contributed by atoms with Crippen LogP contribution in [0.5, 0.6) is 5.75 Å². The minimum Gasteiger partial charge on any atom is -0.497 e. The monoisotopic (exact) mass is 404 g/mol. The molecule has 5 nitrogen and oxygen atoms in total. The molecule has 3 aromatic rings. The number of ether oxygens (including phenoxy) is 1. The van der Waals surface area contributed by atoms with Crippen molar-refractivity contribution in [3.63, 3.8) is 0 Å². The molecule has 4 rings (SSSR count). The van der Waals surface area contributed by atoms with Gasteiger partial charge in [0.15, 0.2) is 0 Å². The number of hydrogen-bond acceptors (Lipinski definition) is 5. The molecule has 1 aliphatic rings. The molecule has 1 N–H and O–H groups in total. The molecule has 2 aromatic carbocycles. The van der Waals surface area contributed by atoms with Gasteiger partial charge in [-0.15, -0.1) is 11.3 Å². The number of aryl methyl sites for hydroxylation is 2. The number of imide groups is 1. The summed E-state index contributed by atoms with van der Waals surface area (Å²) >= 11 is 1.43. The van der Waals surface area contributed by atoms with E-state index in [-0.39, 0.29) is 17.5 Å². The highest BCUT2D eigenvalue weighted by Gasteiger charge is 2.40. The van der Waals surface area contributed by atoms with Gasteiger partial charge in [-0.2, -0.15) is 0 Å². The lowest BCUT2D eigenvalue weighted by Crippen LogP contribution is -2.32. The van der Waals surface area contributed by atoms with Crippen LogP contribution in [0.1, 0.15) is 16.0 Å². The van der Waals surface area contributed by atoms with Gasteiger partial charge in [-0.05, 0) is 60.7 Å². The van der Waals surface area contributed by atoms with Gasteiger partial charge in [0, 0.05) is 16.6 Å². The third-order valence-electron chi connectivity index (χ3n) is 4.66. The fourth-order valence-electron chi connectivity index (χ4n) is 3.45. The number of amides is 2. The summed E-state index contributed by atoms with van der Waals surface area (Å²) in [6, 6.07) is 16.7. The molecule has 0 saturated carbocycles. The summed E-state index contributed by atoms with van der Waals surface area (Å²) in [5.41, 5.74) is 3.89. The van der Waals surface area contributed by atoms with Crippen LogP contribution in [0.2, 0.25) is 0 Å². The fraction of sp³-hybridized carbons (Fsp3) is 0.130. The molecule has 0 fully saturated rings. The van der Waals surface area contributed by atoms with Crippen LogP contribution < -0.4 is 15.0 Å². The van der Waals surface area contributed by atoms with Crippen molar-refractivity contribution in [2.75, 3.05) is 17.3 Å². The Bertz CT molecular complexity index is 1110. The van der Waals surface area contributed by atoms with E-state index < -0.39 is 0 Å². The Labute approximate surface area is 173 Å². The van der Waals surface area contributed by atoms with Gasteiger partial charge < -0.3 is 10.1 Å². The highest BCUT2D eigenvalue weighted by atomic mass is 32.1. The maximum atomic E-state index is 13.4. The van der Waals surface area contributed by atoms with Gasteiger partial charge in [-0.1, -0.05) is 18.2 Å². The van der Waals surface area contributed by atoms with Crippen molar-refractivity contribution in [3.8, 4) is 5.75 Å². The largest absolute Gasteiger partial charge is 0.497 e. The number of nitrogens with one attached hydrogen (secondary N) is 1. The Balaban J connectivity index is 1.80. The number of carbonyl (C=O) groups excluding carboxylic acids is 2. The van der Waals surface area contributed by atoms with Crippen LogP contribution in [0.3, 0.4) is 0 Å². The molecule has 146 valence electrons. The van der Waals surface area contributed by atoms with E-state index in [4.69, 9.17) is 4.74 Å². The van der Waals surface area contributed by atoms with E-state index in [1.165, 1.54) is 16.2 Å². The van der Waals surface area contributed by atoms with Gasteiger partial charge in [0.25, 0.3) is 11.8 Å². The number of anilines is 2. The van der Waals surface area contributed by atoms with E-state index in [9.17, 15) is 9.59 Å². The second kappa shape index (κ2) is 7.56. The summed E-state index contributed by atoms with van der Waals surface area (Å²) in [4.78, 5) is 28.7. The molecule has 0 bridgehead atoms. The molecule has 0 spiro atoms. The molecular weight excluding hydrogens is 384 g/mol. The Morgan fingerprint density at radius 2 is 1.69 bits per heavy atom. The van der Waals surface area contributed by atoms with Crippen LogP contribution in [0.15, 0.2) is 65.7 Å². The lowest BCUT2D eigenvalue weighted by atomic mass is 10.1. The van der Waals surface area contributed by atoms with E-state index in [1.807, 2.05) is 67.8 Å². The first-order valence-electron chi connectivity index (χ1n) is 9.14. The molecule has 29 heavy (non-hydrogen) atoms. The van der Waals surface area contributed by atoms with Gasteiger partial charge >= 0.3 is 0 Å². The quantitative estimate of drug-likeness (QED) is 0.623. The topological polar surface area (TPSA) is 58.6 Å². The zero-order valence-electron chi connectivity index (χ0n) is 16.4. The van der Waals surface area contributed by atoms with Crippen LogP contribution in [-0.2, 0) is 9.59 Å². The van der Waals surface area contributed by atoms with Crippen molar-refractivity contribution >= 4 is 40.1 Å². The molecule has 0 aliphatic carbocycles. The number of rotatable bonds is 5. The molecule has 2 amide bonds. The molecule has 2 heterocycles. The Morgan fingerprint density at radius 3 is 2.34 bits per heavy atom. The molecule has 0 saturated heterocycles. The van der Waals surface area contributed by atoms with Crippen molar-refractivity contribution in [2.45, 2.75) is 13.8 Å². The van der Waals surface area contributed by atoms with E-state index in [0.717, 1.165) is 16.0 Å². The van der Waals surface area contributed by atoms with Crippen LogP contribution in [0, 0.1) is 13.8 Å². The minimum atomic E-state index is -0.369. The molecule has 0 atom stereocenters. The van der Waals surface area contributed by atoms with Crippen molar-refractivity contribution in [1.82, 2.24) is 0 Å². The Morgan fingerprint density at radius 1 is 0.931 bits per heavy atom. The molecule has 1 aromatic heterocycles. The zero-order chi connectivity index (χ0) is 20.5. The van der Waals surface area contributed by atoms with E-state index >= 15 is 0 Å². The van der Waals surface area contributed by atoms with Crippen LogP contribution in [0.25, 0.3) is 5.57 Å². The van der Waals surface area contributed by atoms with Crippen molar-refractivity contribution in [2.24, 2.45) is 0 Å². The number of methoxy groups -OCH3 is 1. The van der Waals surface area contributed by atoms with Crippen molar-refractivity contribution in [1.29, 1.82) is 0 Å². The Kier molecular flexibility index (Phi) is 4.94. The summed E-state index contributed by atoms with van der Waals surface area (Å²) in [5.74, 6) is -0.0322. The summed E-state index contributed by atoms with van der Waals surface area (Å²) in [6.07, 6.45) is 0. The standard InChI is InChI=1S/C23H20N2O3S/c1-14-10-15(2)12-17(11-14)25-22(26)20(19-8-5-9-29-19)21(23(25)27)24-16-6-4-7-18(13-16)28-3/h4-13,24H,1-3H3. The summed E-state index contributed by atoms with van der Waals surface area (Å²) < 4.78 is 5.27. The molecule has 0 unspecified atom stereocenters. The van der Waals surface area contributed by atoms with E-state index in [0.29, 0.717) is 22.7 Å². The maximum Gasteiger partial charge on any atom is 0.282 e. The van der Waals surface area contributed by atoms with Crippen LogP contribution in [-0.4, -0.2) is 18.9 Å². The third kappa shape index (κ3) is 3.54. The molecular formula is C23H20N2O3S. The fourth-order valence-corrected chi connectivity index (χ4v) is 4.22. The maximum absolute atomic E-state index is 13.4. The first-order valence-corrected chi connectivity index (χ1v) is 10.0. The van der Waals surface area contributed by atoms with Crippen LogP contribution >= 0.6 is 11.3 Å². The minimum absolute atomic E-state index is 0.268. The molecule has 1 aliphatic heterocycles. The highest BCUT2D eigenvalue weighted by molar-refractivity contribution is 7.11. The summed E-state index contributed by atoms with van der Waals surface area (Å²) in [5, 5.41) is 5.05. The number of hydrogen-bond donors (Lipinski definition) is 1. The van der Waals surface area contributed by atoms with Gasteiger partial charge in [-0.25, -0.2) is 4.90 Å². The highest BCUT2D eigenvalue weighted by Crippen LogP contribution is 2.36. The van der Waals surface area contributed by atoms with E-state index in [2.05, 4.69) is 5.32 Å². The van der Waals surface area contributed by atoms with E-state index in [1.54, 1.807) is 13.2 Å². The number of carbonyl (C=O) groups is 2. The number of nitrogens with zero attached hydrogens (tertiary/aromatic N) is 1. The predicted molar refractivity (Wildman–Crippen MR) is 116 cm³/mol. The SMILES string of the molecule is COc1cccc(NC2=C(c3cccs3)C(=O)N(c3cc(C)cc(C)c3)C2=O)c1. The lowest BCUT2D eigenvalue weighted by Gasteiger charge is -2.17. The first kappa shape index (κ1) is 19.0. The van der Waals surface area contributed by atoms with Gasteiger partial charge in [-0.3, -0.25) is 9.59 Å². The zero-order valence-corrected chi connectivity index (χ0v) is 17.2.